The zero-order chi connectivity index (χ0) is 25.1. The minimum Gasteiger partial charge on any atom is -0.264 e. The van der Waals surface area contributed by atoms with Crippen molar-refractivity contribution in [2.45, 2.75) is 0 Å². The summed E-state index contributed by atoms with van der Waals surface area (Å²) >= 11 is 0. The number of rotatable bonds is 5. The van der Waals surface area contributed by atoms with Gasteiger partial charge in [-0.15, -0.1) is 0 Å². The van der Waals surface area contributed by atoms with Crippen LogP contribution in [0.15, 0.2) is 146 Å². The molecule has 0 aliphatic carbocycles. The molecule has 5 aromatic carbocycles. The molecule has 0 aliphatic rings. The molecular weight excluding hydrogens is 464 g/mol. The fraction of sp³-hybridized carbons (Fsp3) is 0. The molecule has 1 aromatic heterocycles. The lowest BCUT2D eigenvalue weighted by molar-refractivity contribution is 1.36. The largest absolute Gasteiger partial charge is 0.264 e. The van der Waals surface area contributed by atoms with Gasteiger partial charge in [0.25, 0.3) is 0 Å². The van der Waals surface area contributed by atoms with Crippen molar-refractivity contribution < 1.29 is 0 Å². The molecular formula is C34H24N2Si. The van der Waals surface area contributed by atoms with E-state index in [9.17, 15) is 0 Å². The zero-order valence-corrected chi connectivity index (χ0v) is 21.3. The SMILES string of the molecule is [C-]#[N+]c1ccc([Si](c2ccccc2)(c2ccccc2)c2ccc(-c3ccc4ccncc4c3)cc2)cc1. The van der Waals surface area contributed by atoms with Gasteiger partial charge in [-0.3, -0.25) is 4.98 Å². The van der Waals surface area contributed by atoms with Crippen LogP contribution in [0.25, 0.3) is 26.7 Å². The molecule has 3 heteroatoms. The lowest BCUT2D eigenvalue weighted by Crippen LogP contribution is -2.74. The number of benzene rings is 5. The summed E-state index contributed by atoms with van der Waals surface area (Å²) in [6.45, 7) is 7.45. The van der Waals surface area contributed by atoms with E-state index in [-0.39, 0.29) is 0 Å². The predicted molar refractivity (Wildman–Crippen MR) is 157 cm³/mol. The summed E-state index contributed by atoms with van der Waals surface area (Å²) in [6, 6.07) is 47.6. The second-order valence-corrected chi connectivity index (χ2v) is 13.0. The van der Waals surface area contributed by atoms with Gasteiger partial charge < -0.3 is 0 Å². The van der Waals surface area contributed by atoms with Crippen molar-refractivity contribution in [3.8, 4) is 11.1 Å². The highest BCUT2D eigenvalue weighted by Crippen LogP contribution is 2.24. The summed E-state index contributed by atoms with van der Waals surface area (Å²) in [6.07, 6.45) is 3.75. The van der Waals surface area contributed by atoms with Crippen LogP contribution in [0.4, 0.5) is 5.69 Å². The highest BCUT2D eigenvalue weighted by molar-refractivity contribution is 7.19. The first kappa shape index (κ1) is 22.7. The summed E-state index contributed by atoms with van der Waals surface area (Å²) in [5.74, 6) is 0. The van der Waals surface area contributed by atoms with Crippen molar-refractivity contribution in [3.63, 3.8) is 0 Å². The first-order valence-electron chi connectivity index (χ1n) is 12.3. The Labute approximate surface area is 218 Å². The van der Waals surface area contributed by atoms with Gasteiger partial charge in [-0.05, 0) is 49.4 Å². The normalized spacial score (nSPS) is 11.2. The molecule has 0 spiro atoms. The summed E-state index contributed by atoms with van der Waals surface area (Å²) in [5.41, 5.74) is 3.02. The predicted octanol–water partition coefficient (Wildman–Crippen LogP) is 5.83. The van der Waals surface area contributed by atoms with Crippen molar-refractivity contribution in [2.24, 2.45) is 0 Å². The van der Waals surface area contributed by atoms with E-state index >= 15 is 0 Å². The number of hydrogen-bond donors (Lipinski definition) is 0. The van der Waals surface area contributed by atoms with Gasteiger partial charge in [-0.2, -0.15) is 0 Å². The molecule has 0 unspecified atom stereocenters. The number of hydrogen-bond acceptors (Lipinski definition) is 1. The molecule has 0 N–H and O–H groups in total. The molecule has 0 saturated carbocycles. The van der Waals surface area contributed by atoms with Gasteiger partial charge in [0.1, 0.15) is 0 Å². The van der Waals surface area contributed by atoms with Gasteiger partial charge in [0.15, 0.2) is 13.8 Å². The molecule has 0 amide bonds. The van der Waals surface area contributed by atoms with Crippen molar-refractivity contribution in [3.05, 3.63) is 157 Å². The highest BCUT2D eigenvalue weighted by atomic mass is 28.3. The molecule has 0 radical (unpaired) electrons. The van der Waals surface area contributed by atoms with Gasteiger partial charge in [-0.1, -0.05) is 121 Å². The standard InChI is InChI=1S/C34H24N2Si/c1-35-30-16-20-34(21-17-30)37(31-8-4-2-5-9-31,32-10-6-3-7-11-32)33-18-14-26(15-19-33)28-13-12-27-22-23-36-25-29(27)24-28/h2-25H. The second kappa shape index (κ2) is 9.70. The fourth-order valence-electron chi connectivity index (χ4n) is 5.34. The summed E-state index contributed by atoms with van der Waals surface area (Å²) in [4.78, 5) is 7.93. The Bertz CT molecular complexity index is 1660. The average Bonchev–Trinajstić information content (AvgIpc) is 2.99. The van der Waals surface area contributed by atoms with Crippen LogP contribution in [0.2, 0.25) is 0 Å². The first-order valence-corrected chi connectivity index (χ1v) is 14.3. The van der Waals surface area contributed by atoms with Crippen LogP contribution in [-0.4, -0.2) is 13.1 Å². The van der Waals surface area contributed by atoms with Gasteiger partial charge in [0, 0.05) is 17.8 Å². The van der Waals surface area contributed by atoms with E-state index in [0.29, 0.717) is 5.69 Å². The minimum absolute atomic E-state index is 0.661. The van der Waals surface area contributed by atoms with Crippen LogP contribution >= 0.6 is 0 Å². The maximum absolute atomic E-state index is 7.45. The Balaban J connectivity index is 1.57. The average molecular weight is 489 g/mol. The van der Waals surface area contributed by atoms with E-state index in [1.165, 1.54) is 37.3 Å². The lowest BCUT2D eigenvalue weighted by Gasteiger charge is -2.34. The lowest BCUT2D eigenvalue weighted by atomic mass is 10.0. The third-order valence-electron chi connectivity index (χ3n) is 7.13. The Hall–Kier alpha value is -4.78. The van der Waals surface area contributed by atoms with E-state index in [1.54, 1.807) is 0 Å². The smallest absolute Gasteiger partial charge is 0.187 e. The van der Waals surface area contributed by atoms with Crippen molar-refractivity contribution in [1.82, 2.24) is 4.98 Å². The molecule has 2 nitrogen and oxygen atoms in total. The van der Waals surface area contributed by atoms with Crippen LogP contribution in [0, 0.1) is 6.57 Å². The van der Waals surface area contributed by atoms with Crippen LogP contribution in [-0.2, 0) is 0 Å². The fourth-order valence-corrected chi connectivity index (χ4v) is 10.1. The van der Waals surface area contributed by atoms with Gasteiger partial charge in [0.05, 0.1) is 6.57 Å². The molecule has 0 bridgehead atoms. The van der Waals surface area contributed by atoms with Gasteiger partial charge >= 0.3 is 0 Å². The summed E-state index contributed by atoms with van der Waals surface area (Å²) in [5, 5.41) is 7.55. The molecule has 0 fully saturated rings. The van der Waals surface area contributed by atoms with Crippen molar-refractivity contribution in [2.75, 3.05) is 0 Å². The topological polar surface area (TPSA) is 17.2 Å². The Morgan fingerprint density at radius 3 is 1.65 bits per heavy atom. The first-order chi connectivity index (χ1) is 18.3. The molecule has 37 heavy (non-hydrogen) atoms. The van der Waals surface area contributed by atoms with Gasteiger partial charge in [0.2, 0.25) is 0 Å². The van der Waals surface area contributed by atoms with Crippen LogP contribution in [0.3, 0.4) is 0 Å². The third kappa shape index (κ3) is 4.04. The van der Waals surface area contributed by atoms with Crippen molar-refractivity contribution >= 4 is 45.3 Å². The van der Waals surface area contributed by atoms with Gasteiger partial charge in [-0.25, -0.2) is 4.85 Å². The molecule has 0 aliphatic heterocycles. The maximum atomic E-state index is 7.45. The Morgan fingerprint density at radius 1 is 0.514 bits per heavy atom. The second-order valence-electron chi connectivity index (χ2n) is 9.16. The third-order valence-corrected chi connectivity index (χ3v) is 11.9. The van der Waals surface area contributed by atoms with Crippen LogP contribution in [0.1, 0.15) is 0 Å². The van der Waals surface area contributed by atoms with E-state index in [1.807, 2.05) is 30.6 Å². The molecule has 1 heterocycles. The minimum atomic E-state index is -2.62. The number of aromatic nitrogens is 1. The molecule has 174 valence electrons. The van der Waals surface area contributed by atoms with Crippen LogP contribution in [0.5, 0.6) is 0 Å². The van der Waals surface area contributed by atoms with E-state index < -0.39 is 8.07 Å². The molecule has 6 rings (SSSR count). The quantitative estimate of drug-likeness (QED) is 0.170. The Kier molecular flexibility index (Phi) is 5.94. The zero-order valence-electron chi connectivity index (χ0n) is 20.3. The maximum Gasteiger partial charge on any atom is 0.187 e. The molecule has 0 saturated heterocycles. The molecule has 0 atom stereocenters. The monoisotopic (exact) mass is 488 g/mol. The van der Waals surface area contributed by atoms with E-state index in [4.69, 9.17) is 6.57 Å². The highest BCUT2D eigenvalue weighted by Gasteiger charge is 2.41. The van der Waals surface area contributed by atoms with Crippen LogP contribution < -0.4 is 20.7 Å². The van der Waals surface area contributed by atoms with E-state index in [0.717, 1.165) is 5.39 Å². The Morgan fingerprint density at radius 2 is 1.05 bits per heavy atom. The number of pyridine rings is 1. The number of fused-ring (bicyclic) bond motifs is 1. The molecule has 6 aromatic rings. The van der Waals surface area contributed by atoms with E-state index in [2.05, 4.69) is 125 Å². The number of nitrogens with zero attached hydrogens (tertiary/aromatic N) is 2. The van der Waals surface area contributed by atoms with Crippen molar-refractivity contribution in [1.29, 1.82) is 0 Å². The summed E-state index contributed by atoms with van der Waals surface area (Å²) < 4.78 is 0. The summed E-state index contributed by atoms with van der Waals surface area (Å²) in [7, 11) is -2.62.